The Morgan fingerprint density at radius 1 is 1.28 bits per heavy atom. The van der Waals surface area contributed by atoms with E-state index < -0.39 is 11.2 Å². The Balaban J connectivity index is 2.42. The van der Waals surface area contributed by atoms with Crippen LogP contribution in [0.1, 0.15) is 31.4 Å². The molecule has 92 valence electrons. The fourth-order valence-electron chi connectivity index (χ4n) is 1.73. The summed E-state index contributed by atoms with van der Waals surface area (Å²) in [6, 6.07) is 5.92. The Morgan fingerprint density at radius 2 is 2.06 bits per heavy atom. The van der Waals surface area contributed by atoms with Crippen molar-refractivity contribution in [2.45, 2.75) is 19.3 Å². The lowest BCUT2D eigenvalue weighted by Crippen LogP contribution is -2.32. The largest absolute Gasteiger partial charge is 0.291 e. The minimum Gasteiger partial charge on any atom is -0.291 e. The number of carbonyl (C=O) groups excluding carboxylic acids is 1. The number of hydrogen-bond donors (Lipinski definition) is 0. The maximum Gasteiger partial charge on any atom is 0.192 e. The van der Waals surface area contributed by atoms with Crippen molar-refractivity contribution in [1.82, 2.24) is 9.97 Å². The molecular formula is C14H13FN2O. The third-order valence-electron chi connectivity index (χ3n) is 2.77. The average Bonchev–Trinajstić information content (AvgIpc) is 2.39. The van der Waals surface area contributed by atoms with Crippen LogP contribution in [0.3, 0.4) is 0 Å². The van der Waals surface area contributed by atoms with Gasteiger partial charge in [0.25, 0.3) is 0 Å². The second-order valence-corrected chi connectivity index (χ2v) is 4.43. The first-order valence-electron chi connectivity index (χ1n) is 6.01. The van der Waals surface area contributed by atoms with E-state index in [0.717, 1.165) is 0 Å². The van der Waals surface area contributed by atoms with Crippen molar-refractivity contribution >= 4 is 5.78 Å². The van der Waals surface area contributed by atoms with E-state index in [1.807, 2.05) is 0 Å². The fraction of sp³-hybridized carbons (Fsp3) is 0.214. The molecule has 0 aliphatic rings. The van der Waals surface area contributed by atoms with Crippen LogP contribution in [0.4, 0.5) is 4.39 Å². The molecule has 0 N–H and O–H groups in total. The van der Waals surface area contributed by atoms with Gasteiger partial charge in [0.05, 0.1) is 12.5 Å². The van der Waals surface area contributed by atoms with E-state index in [2.05, 4.69) is 9.97 Å². The van der Waals surface area contributed by atoms with Gasteiger partial charge >= 0.3 is 0 Å². The Kier molecular flexibility index (Phi) is 2.84. The number of rotatable bonds is 3. The van der Waals surface area contributed by atoms with Crippen molar-refractivity contribution < 1.29 is 10.6 Å². The van der Waals surface area contributed by atoms with E-state index in [4.69, 9.17) is 1.37 Å². The van der Waals surface area contributed by atoms with Gasteiger partial charge < -0.3 is 0 Å². The van der Waals surface area contributed by atoms with Gasteiger partial charge in [-0.25, -0.2) is 4.39 Å². The molecule has 2 aromatic rings. The van der Waals surface area contributed by atoms with Gasteiger partial charge in [0.2, 0.25) is 0 Å². The number of halogens is 1. The standard InChI is InChI=1S/C14H13FN2O/c1-14(2,12-10(15)6-5-9-17-12)13(18)11-7-3-4-8-16-11/h3-9H,1-2H3/i4D. The molecule has 0 atom stereocenters. The van der Waals surface area contributed by atoms with Gasteiger partial charge in [0.1, 0.15) is 11.5 Å². The van der Waals surface area contributed by atoms with Crippen molar-refractivity contribution in [3.05, 3.63) is 59.9 Å². The zero-order chi connectivity index (χ0) is 14.0. The number of pyridine rings is 2. The minimum absolute atomic E-state index is 0.0942. The third kappa shape index (κ3) is 2.14. The van der Waals surface area contributed by atoms with Gasteiger partial charge in [-0.3, -0.25) is 14.8 Å². The van der Waals surface area contributed by atoms with E-state index in [9.17, 15) is 9.18 Å². The van der Waals surface area contributed by atoms with Crippen molar-refractivity contribution in [1.29, 1.82) is 0 Å². The molecular weight excluding hydrogens is 231 g/mol. The third-order valence-corrected chi connectivity index (χ3v) is 2.77. The van der Waals surface area contributed by atoms with E-state index in [-0.39, 0.29) is 23.2 Å². The highest BCUT2D eigenvalue weighted by atomic mass is 19.1. The SMILES string of the molecule is [2H]c1ccc(C(=O)C(C)(C)c2ncccc2F)nc1. The maximum absolute atomic E-state index is 13.8. The topological polar surface area (TPSA) is 42.9 Å². The van der Waals surface area contributed by atoms with Crippen LogP contribution < -0.4 is 0 Å². The summed E-state index contributed by atoms with van der Waals surface area (Å²) in [5.74, 6) is -0.844. The Labute approximate surface area is 106 Å². The zero-order valence-corrected chi connectivity index (χ0v) is 10.1. The molecule has 0 aromatic carbocycles. The predicted molar refractivity (Wildman–Crippen MR) is 65.8 cm³/mol. The second-order valence-electron chi connectivity index (χ2n) is 4.43. The van der Waals surface area contributed by atoms with E-state index in [0.29, 0.717) is 0 Å². The minimum atomic E-state index is -1.11. The first-order valence-corrected chi connectivity index (χ1v) is 5.51. The molecule has 0 unspecified atom stereocenters. The molecule has 0 spiro atoms. The summed E-state index contributed by atoms with van der Waals surface area (Å²) in [7, 11) is 0. The summed E-state index contributed by atoms with van der Waals surface area (Å²) in [5, 5.41) is 0. The Hall–Kier alpha value is -2.10. The molecule has 0 amide bonds. The van der Waals surface area contributed by atoms with Gasteiger partial charge in [0.15, 0.2) is 5.78 Å². The van der Waals surface area contributed by atoms with Gasteiger partial charge in [-0.2, -0.15) is 0 Å². The quantitative estimate of drug-likeness (QED) is 0.781. The lowest BCUT2D eigenvalue weighted by molar-refractivity contribution is 0.0897. The average molecular weight is 245 g/mol. The normalized spacial score (nSPS) is 12.1. The predicted octanol–water partition coefficient (Wildman–Crippen LogP) is 2.78. The number of nitrogens with zero attached hydrogens (tertiary/aromatic N) is 2. The first kappa shape index (κ1) is 11.0. The van der Waals surface area contributed by atoms with Crippen LogP contribution in [0.25, 0.3) is 0 Å². The lowest BCUT2D eigenvalue weighted by atomic mass is 9.82. The van der Waals surface area contributed by atoms with E-state index >= 15 is 0 Å². The molecule has 3 nitrogen and oxygen atoms in total. The van der Waals surface area contributed by atoms with Gasteiger partial charge in [-0.15, -0.1) is 0 Å². The van der Waals surface area contributed by atoms with Crippen LogP contribution in [-0.4, -0.2) is 15.8 Å². The highest BCUT2D eigenvalue weighted by Gasteiger charge is 2.35. The van der Waals surface area contributed by atoms with Crippen LogP contribution >= 0.6 is 0 Å². The van der Waals surface area contributed by atoms with E-state index in [1.165, 1.54) is 36.7 Å². The molecule has 0 bridgehead atoms. The molecule has 2 rings (SSSR count). The molecule has 2 heterocycles. The highest BCUT2D eigenvalue weighted by molar-refractivity contribution is 6.01. The molecule has 18 heavy (non-hydrogen) atoms. The summed E-state index contributed by atoms with van der Waals surface area (Å²) in [6.45, 7) is 3.22. The maximum atomic E-state index is 13.8. The Morgan fingerprint density at radius 3 is 2.67 bits per heavy atom. The molecule has 0 radical (unpaired) electrons. The highest BCUT2D eigenvalue weighted by Crippen LogP contribution is 2.27. The number of carbonyl (C=O) groups is 1. The number of Topliss-reactive ketones (excluding diaryl/α,β-unsaturated/α-hetero) is 1. The molecule has 0 aliphatic heterocycles. The summed E-state index contributed by atoms with van der Waals surface area (Å²) in [4.78, 5) is 20.3. The van der Waals surface area contributed by atoms with Crippen LogP contribution in [0.2, 0.25) is 0 Å². The summed E-state index contributed by atoms with van der Waals surface area (Å²) in [6.07, 6.45) is 2.74. The lowest BCUT2D eigenvalue weighted by Gasteiger charge is -2.22. The molecule has 4 heteroatoms. The second kappa shape index (κ2) is 4.64. The monoisotopic (exact) mass is 245 g/mol. The summed E-state index contributed by atoms with van der Waals surface area (Å²) < 4.78 is 21.1. The van der Waals surface area contributed by atoms with Gasteiger partial charge in [-0.05, 0) is 38.1 Å². The molecule has 0 aliphatic carbocycles. The van der Waals surface area contributed by atoms with Crippen LogP contribution in [0.15, 0.2) is 42.7 Å². The molecule has 0 fully saturated rings. The first-order chi connectivity index (χ1) is 8.93. The van der Waals surface area contributed by atoms with Gasteiger partial charge in [0, 0.05) is 12.4 Å². The summed E-state index contributed by atoms with van der Waals surface area (Å²) >= 11 is 0. The van der Waals surface area contributed by atoms with Crippen LogP contribution in [-0.2, 0) is 5.41 Å². The molecule has 2 aromatic heterocycles. The molecule has 0 saturated carbocycles. The van der Waals surface area contributed by atoms with Crippen LogP contribution in [0.5, 0.6) is 0 Å². The fourth-order valence-corrected chi connectivity index (χ4v) is 1.73. The van der Waals surface area contributed by atoms with E-state index in [1.54, 1.807) is 13.8 Å². The van der Waals surface area contributed by atoms with Crippen molar-refractivity contribution in [2.24, 2.45) is 0 Å². The number of ketones is 1. The van der Waals surface area contributed by atoms with Crippen LogP contribution in [0, 0.1) is 5.82 Å². The molecule has 0 saturated heterocycles. The van der Waals surface area contributed by atoms with Crippen molar-refractivity contribution in [2.75, 3.05) is 0 Å². The summed E-state index contributed by atoms with van der Waals surface area (Å²) in [5.41, 5.74) is -0.815. The number of hydrogen-bond acceptors (Lipinski definition) is 3. The number of aromatic nitrogens is 2. The smallest absolute Gasteiger partial charge is 0.192 e. The van der Waals surface area contributed by atoms with Gasteiger partial charge in [-0.1, -0.05) is 6.07 Å². The Bertz CT molecular complexity index is 611. The van der Waals surface area contributed by atoms with Crippen molar-refractivity contribution in [3.63, 3.8) is 0 Å². The van der Waals surface area contributed by atoms with Crippen molar-refractivity contribution in [3.8, 4) is 0 Å². The zero-order valence-electron chi connectivity index (χ0n) is 11.1.